The fourth-order valence-corrected chi connectivity index (χ4v) is 0. The molecule has 0 bridgehead atoms. The Morgan fingerprint density at radius 3 is 2.25 bits per heavy atom. The van der Waals surface area contributed by atoms with Gasteiger partial charge in [-0.3, -0.25) is 0 Å². The molecule has 0 aromatic carbocycles. The molecule has 0 fully saturated rings. The van der Waals surface area contributed by atoms with Gasteiger partial charge < -0.3 is 0 Å². The van der Waals surface area contributed by atoms with Crippen molar-refractivity contribution in [2.75, 3.05) is 6.61 Å². The van der Waals surface area contributed by atoms with Gasteiger partial charge in [-0.05, 0) is 0 Å². The fourth-order valence-electron chi connectivity index (χ4n) is 0. The van der Waals surface area contributed by atoms with Gasteiger partial charge in [0, 0.05) is 0 Å². The average molecular weight is 57.1 g/mol. The third kappa shape index (κ3) is 1.70. The molecule has 0 aromatic heterocycles. The Morgan fingerprint density at radius 2 is 2.25 bits per heavy atom. The quantitative estimate of drug-likeness (QED) is 0.393. The van der Waals surface area contributed by atoms with Crippen LogP contribution in [0.4, 0.5) is 0 Å². The molecule has 0 unspecified atom stereocenters. The summed E-state index contributed by atoms with van der Waals surface area (Å²) in [5.41, 5.74) is 0. The van der Waals surface area contributed by atoms with E-state index in [0.29, 0.717) is 0 Å². The molecule has 0 saturated carbocycles. The highest BCUT2D eigenvalue weighted by molar-refractivity contribution is 4.60. The van der Waals surface area contributed by atoms with Gasteiger partial charge in [-0.2, -0.15) is 0 Å². The molecule has 1 nitrogen and oxygen atoms in total. The van der Waals surface area contributed by atoms with Crippen LogP contribution in [0.25, 0.3) is 0 Å². The molecule has 0 rings (SSSR count). The molecular weight excluding hydrogens is 52.0 g/mol. The van der Waals surface area contributed by atoms with Gasteiger partial charge in [0.2, 0.25) is 0 Å². The van der Waals surface area contributed by atoms with Crippen LogP contribution in [-0.4, -0.2) is 6.61 Å². The maximum absolute atomic E-state index is 9.18. The standard InChI is InChI=1S/C3H5O/c1-2-3-4/h2H,1,3H2. The Kier molecular flexibility index (Phi) is 2.50. The Bertz CT molecular complexity index is 17.2. The summed E-state index contributed by atoms with van der Waals surface area (Å²) in [5, 5.41) is 9.18. The normalized spacial score (nSPS) is 6.25. The van der Waals surface area contributed by atoms with Crippen LogP contribution in [-0.2, 0) is 5.11 Å². The predicted octanol–water partition coefficient (Wildman–Crippen LogP) is 0.603. The highest BCUT2D eigenvalue weighted by Crippen LogP contribution is 1.48. The van der Waals surface area contributed by atoms with Crippen molar-refractivity contribution in [2.24, 2.45) is 0 Å². The van der Waals surface area contributed by atoms with Crippen LogP contribution in [0.1, 0.15) is 0 Å². The van der Waals surface area contributed by atoms with E-state index in [0.717, 1.165) is 0 Å². The highest BCUT2D eigenvalue weighted by atomic mass is 16.2. The number of hydrogen-bond donors (Lipinski definition) is 0. The molecule has 0 saturated heterocycles. The van der Waals surface area contributed by atoms with E-state index < -0.39 is 0 Å². The molecule has 0 aliphatic rings. The van der Waals surface area contributed by atoms with Crippen molar-refractivity contribution in [3.05, 3.63) is 12.7 Å². The Balaban J connectivity index is 2.30. The van der Waals surface area contributed by atoms with Gasteiger partial charge in [0.15, 0.2) is 0 Å². The summed E-state index contributed by atoms with van der Waals surface area (Å²) in [6.07, 6.45) is 1.32. The summed E-state index contributed by atoms with van der Waals surface area (Å²) in [7, 11) is 0. The van der Waals surface area contributed by atoms with Crippen LogP contribution < -0.4 is 0 Å². The van der Waals surface area contributed by atoms with E-state index in [2.05, 4.69) is 6.58 Å². The summed E-state index contributed by atoms with van der Waals surface area (Å²) < 4.78 is 0. The van der Waals surface area contributed by atoms with E-state index in [1.54, 1.807) is 0 Å². The zero-order chi connectivity index (χ0) is 3.41. The second-order valence-electron chi connectivity index (χ2n) is 0.455. The molecule has 0 amide bonds. The Labute approximate surface area is 25.6 Å². The summed E-state index contributed by atoms with van der Waals surface area (Å²) in [5.74, 6) is 0. The molecule has 0 atom stereocenters. The smallest absolute Gasteiger partial charge is 0.100 e. The molecule has 0 N–H and O–H groups in total. The third-order valence-corrected chi connectivity index (χ3v) is 0.118. The molecule has 1 heteroatoms. The first-order valence-corrected chi connectivity index (χ1v) is 1.11. The van der Waals surface area contributed by atoms with Gasteiger partial charge in [0.1, 0.15) is 6.61 Å². The van der Waals surface area contributed by atoms with Crippen molar-refractivity contribution in [2.45, 2.75) is 0 Å². The van der Waals surface area contributed by atoms with Crippen LogP contribution in [0, 0.1) is 0 Å². The maximum Gasteiger partial charge on any atom is 0.100 e. The summed E-state index contributed by atoms with van der Waals surface area (Å²) in [4.78, 5) is 0. The Morgan fingerprint density at radius 1 is 2.00 bits per heavy atom. The van der Waals surface area contributed by atoms with Crippen molar-refractivity contribution in [3.63, 3.8) is 0 Å². The highest BCUT2D eigenvalue weighted by Gasteiger charge is 1.49. The van der Waals surface area contributed by atoms with Crippen LogP contribution in [0.3, 0.4) is 0 Å². The molecule has 0 spiro atoms. The SMILES string of the molecule is C=CC[O]. The summed E-state index contributed by atoms with van der Waals surface area (Å²) in [6.45, 7) is 3.00. The van der Waals surface area contributed by atoms with E-state index in [1.165, 1.54) is 6.08 Å². The second-order valence-corrected chi connectivity index (χ2v) is 0.455. The first-order chi connectivity index (χ1) is 1.91. The largest absolute Gasteiger partial charge is 0.232 e. The van der Waals surface area contributed by atoms with Crippen molar-refractivity contribution >= 4 is 0 Å². The van der Waals surface area contributed by atoms with E-state index in [-0.39, 0.29) is 6.61 Å². The van der Waals surface area contributed by atoms with Gasteiger partial charge in [0.25, 0.3) is 0 Å². The van der Waals surface area contributed by atoms with Gasteiger partial charge in [0.05, 0.1) is 0 Å². The minimum atomic E-state index is -0.167. The van der Waals surface area contributed by atoms with E-state index in [9.17, 15) is 5.11 Å². The van der Waals surface area contributed by atoms with Crippen molar-refractivity contribution < 1.29 is 5.11 Å². The molecule has 0 aromatic rings. The van der Waals surface area contributed by atoms with Crippen molar-refractivity contribution in [3.8, 4) is 0 Å². The van der Waals surface area contributed by atoms with Crippen LogP contribution in [0.2, 0.25) is 0 Å². The van der Waals surface area contributed by atoms with Crippen LogP contribution in [0.15, 0.2) is 12.7 Å². The van der Waals surface area contributed by atoms with Gasteiger partial charge in [-0.25, -0.2) is 5.11 Å². The maximum atomic E-state index is 9.18. The average Bonchev–Trinajstić information content (AvgIpc) is 1.37. The lowest BCUT2D eigenvalue weighted by molar-refractivity contribution is 0.232. The second kappa shape index (κ2) is 2.70. The van der Waals surface area contributed by atoms with Gasteiger partial charge in [-0.1, -0.05) is 6.08 Å². The third-order valence-electron chi connectivity index (χ3n) is 0.118. The molecule has 0 aliphatic heterocycles. The topological polar surface area (TPSA) is 19.9 Å². The minimum Gasteiger partial charge on any atom is -0.232 e. The molecule has 1 radical (unpaired) electrons. The zero-order valence-electron chi connectivity index (χ0n) is 2.40. The van der Waals surface area contributed by atoms with E-state index >= 15 is 0 Å². The molecule has 0 aliphatic carbocycles. The Hall–Kier alpha value is -0.300. The monoisotopic (exact) mass is 57.0 g/mol. The van der Waals surface area contributed by atoms with Crippen molar-refractivity contribution in [1.82, 2.24) is 0 Å². The molecule has 23 valence electrons. The summed E-state index contributed by atoms with van der Waals surface area (Å²) in [6, 6.07) is 0. The number of rotatable bonds is 1. The number of hydrogen-bond acceptors (Lipinski definition) is 0. The molecular formula is C3H5O. The van der Waals surface area contributed by atoms with E-state index in [1.807, 2.05) is 0 Å². The fraction of sp³-hybridized carbons (Fsp3) is 0.333. The molecule has 0 heterocycles. The predicted molar refractivity (Wildman–Crippen MR) is 15.8 cm³/mol. The van der Waals surface area contributed by atoms with Crippen LogP contribution >= 0.6 is 0 Å². The lowest BCUT2D eigenvalue weighted by Gasteiger charge is -1.54. The minimum absolute atomic E-state index is 0.167. The van der Waals surface area contributed by atoms with Crippen LogP contribution in [0.5, 0.6) is 0 Å². The van der Waals surface area contributed by atoms with Crippen molar-refractivity contribution in [1.29, 1.82) is 0 Å². The molecule has 4 heavy (non-hydrogen) atoms. The lowest BCUT2D eigenvalue weighted by Crippen LogP contribution is -1.58. The first kappa shape index (κ1) is 3.70. The zero-order valence-corrected chi connectivity index (χ0v) is 2.40. The van der Waals surface area contributed by atoms with Gasteiger partial charge >= 0.3 is 0 Å². The van der Waals surface area contributed by atoms with Gasteiger partial charge in [-0.15, -0.1) is 6.58 Å². The summed E-state index contributed by atoms with van der Waals surface area (Å²) >= 11 is 0. The first-order valence-electron chi connectivity index (χ1n) is 1.11. The lowest BCUT2D eigenvalue weighted by atomic mass is 10.7. The van der Waals surface area contributed by atoms with E-state index in [4.69, 9.17) is 0 Å².